The highest BCUT2D eigenvalue weighted by atomic mass is 32.1. The number of aromatic hydroxyl groups is 2. The minimum absolute atomic E-state index is 0.0745. The molecule has 0 bridgehead atoms. The highest BCUT2D eigenvalue weighted by Gasteiger charge is 2.23. The Hall–Kier alpha value is -3.39. The molecule has 3 N–H and O–H groups in total. The summed E-state index contributed by atoms with van der Waals surface area (Å²) < 4.78 is 6.25. The van der Waals surface area contributed by atoms with Gasteiger partial charge in [-0.25, -0.2) is 0 Å². The van der Waals surface area contributed by atoms with Gasteiger partial charge in [-0.1, -0.05) is 12.1 Å². The molecule has 0 atom stereocenters. The Balaban J connectivity index is 1.50. The van der Waals surface area contributed by atoms with Crippen LogP contribution in [-0.4, -0.2) is 60.3 Å². The summed E-state index contributed by atoms with van der Waals surface area (Å²) in [4.78, 5) is 17.1. The Morgan fingerprint density at radius 3 is 2.50 bits per heavy atom. The molecule has 1 aliphatic rings. The second-order valence-electron chi connectivity index (χ2n) is 8.29. The number of hydrogen-bond acceptors (Lipinski definition) is 7. The van der Waals surface area contributed by atoms with Crippen LogP contribution in [0.4, 0.5) is 5.69 Å². The highest BCUT2D eigenvalue weighted by molar-refractivity contribution is 7.22. The van der Waals surface area contributed by atoms with Crippen LogP contribution in [0, 0.1) is 0 Å². The number of fused-ring (bicyclic) bond motifs is 1. The first-order chi connectivity index (χ1) is 16.6. The summed E-state index contributed by atoms with van der Waals surface area (Å²) in [6.07, 6.45) is 0. The molecule has 0 amide bonds. The number of ether oxygens (including phenoxy) is 1. The quantitative estimate of drug-likeness (QED) is 0.329. The van der Waals surface area contributed by atoms with Crippen LogP contribution < -0.4 is 5.32 Å². The van der Waals surface area contributed by atoms with Crippen molar-refractivity contribution in [2.45, 2.75) is 0 Å². The summed E-state index contributed by atoms with van der Waals surface area (Å²) in [5.41, 5.74) is 2.86. The first-order valence-corrected chi connectivity index (χ1v) is 12.1. The standard InChI is InChI=1S/C27H26N2O4S/c30-19-7-5-18(6-8-19)27-25(22-10-9-20(31)17-24(22)34-27)26(32)21-3-1-2-4-23(21)28-11-12-29-13-15-33-16-14-29/h1-10,17,28,30-31H,11-16H2. The van der Waals surface area contributed by atoms with E-state index in [0.717, 1.165) is 65.6 Å². The van der Waals surface area contributed by atoms with E-state index in [1.807, 2.05) is 36.4 Å². The van der Waals surface area contributed by atoms with Gasteiger partial charge in [0.05, 0.1) is 13.2 Å². The molecular weight excluding hydrogens is 448 g/mol. The number of carbonyl (C=O) groups excluding carboxylic acids is 1. The van der Waals surface area contributed by atoms with E-state index in [2.05, 4.69) is 10.2 Å². The summed E-state index contributed by atoms with van der Waals surface area (Å²) in [6.45, 7) is 4.97. The monoisotopic (exact) mass is 474 g/mol. The molecular formula is C27H26N2O4S. The molecule has 7 heteroatoms. The normalized spacial score (nSPS) is 14.4. The molecule has 0 saturated carbocycles. The molecule has 2 heterocycles. The number of phenols is 2. The van der Waals surface area contributed by atoms with Crippen LogP contribution in [0.15, 0.2) is 66.7 Å². The van der Waals surface area contributed by atoms with Crippen LogP contribution in [0.5, 0.6) is 11.5 Å². The lowest BCUT2D eigenvalue weighted by molar-refractivity contribution is 0.0398. The van der Waals surface area contributed by atoms with Gasteiger partial charge in [0, 0.05) is 58.0 Å². The van der Waals surface area contributed by atoms with Gasteiger partial charge in [0.25, 0.3) is 0 Å². The minimum atomic E-state index is -0.0745. The molecule has 1 aromatic heterocycles. The predicted octanol–water partition coefficient (Wildman–Crippen LogP) is 4.95. The summed E-state index contributed by atoms with van der Waals surface area (Å²) in [5, 5.41) is 24.0. The van der Waals surface area contributed by atoms with Gasteiger partial charge in [0.15, 0.2) is 5.78 Å². The van der Waals surface area contributed by atoms with Crippen molar-refractivity contribution < 1.29 is 19.7 Å². The molecule has 174 valence electrons. The van der Waals surface area contributed by atoms with Crippen molar-refractivity contribution in [1.82, 2.24) is 4.90 Å². The zero-order valence-corrected chi connectivity index (χ0v) is 19.5. The number of rotatable bonds is 7. The van der Waals surface area contributed by atoms with Crippen molar-refractivity contribution in [3.63, 3.8) is 0 Å². The maximum Gasteiger partial charge on any atom is 0.197 e. The van der Waals surface area contributed by atoms with E-state index in [4.69, 9.17) is 4.74 Å². The molecule has 4 aromatic rings. The fraction of sp³-hybridized carbons (Fsp3) is 0.222. The number of phenolic OH excluding ortho intramolecular Hbond substituents is 2. The maximum absolute atomic E-state index is 14.0. The fourth-order valence-electron chi connectivity index (χ4n) is 4.27. The molecule has 0 aliphatic carbocycles. The number of ketones is 1. The van der Waals surface area contributed by atoms with Crippen molar-refractivity contribution in [2.24, 2.45) is 0 Å². The number of nitrogens with one attached hydrogen (secondary N) is 1. The molecule has 1 saturated heterocycles. The van der Waals surface area contributed by atoms with Crippen LogP contribution in [0.25, 0.3) is 20.5 Å². The van der Waals surface area contributed by atoms with Crippen LogP contribution in [0.1, 0.15) is 15.9 Å². The van der Waals surface area contributed by atoms with Gasteiger partial charge >= 0.3 is 0 Å². The lowest BCUT2D eigenvalue weighted by atomic mass is 9.96. The Morgan fingerprint density at radius 1 is 0.971 bits per heavy atom. The zero-order chi connectivity index (χ0) is 23.5. The van der Waals surface area contributed by atoms with Gasteiger partial charge in [-0.3, -0.25) is 9.69 Å². The molecule has 5 rings (SSSR count). The van der Waals surface area contributed by atoms with Crippen molar-refractivity contribution >= 4 is 32.9 Å². The minimum Gasteiger partial charge on any atom is -0.508 e. The Bertz CT molecular complexity index is 1310. The predicted molar refractivity (Wildman–Crippen MR) is 136 cm³/mol. The van der Waals surface area contributed by atoms with Crippen molar-refractivity contribution in [3.8, 4) is 21.9 Å². The third-order valence-corrected chi connectivity index (χ3v) is 7.25. The van der Waals surface area contributed by atoms with Crippen molar-refractivity contribution in [1.29, 1.82) is 0 Å². The van der Waals surface area contributed by atoms with Crippen LogP contribution in [-0.2, 0) is 4.74 Å². The topological polar surface area (TPSA) is 82.0 Å². The summed E-state index contributed by atoms with van der Waals surface area (Å²) in [5.74, 6) is 0.259. The smallest absolute Gasteiger partial charge is 0.197 e. The summed E-state index contributed by atoms with van der Waals surface area (Å²) in [6, 6.07) is 19.5. The third kappa shape index (κ3) is 4.63. The van der Waals surface area contributed by atoms with Crippen LogP contribution in [0.2, 0.25) is 0 Å². The lowest BCUT2D eigenvalue weighted by Gasteiger charge is -2.26. The van der Waals surface area contributed by atoms with E-state index in [-0.39, 0.29) is 17.3 Å². The molecule has 0 unspecified atom stereocenters. The Kier molecular flexibility index (Phi) is 6.49. The third-order valence-electron chi connectivity index (χ3n) is 6.05. The maximum atomic E-state index is 14.0. The lowest BCUT2D eigenvalue weighted by Crippen LogP contribution is -2.39. The van der Waals surface area contributed by atoms with E-state index in [1.165, 1.54) is 11.3 Å². The summed E-state index contributed by atoms with van der Waals surface area (Å²) >= 11 is 1.46. The van der Waals surface area contributed by atoms with Gasteiger partial charge in [-0.05, 0) is 60.2 Å². The van der Waals surface area contributed by atoms with E-state index in [0.29, 0.717) is 11.1 Å². The number of thiophene rings is 1. The fourth-order valence-corrected chi connectivity index (χ4v) is 5.51. The Labute approximate surface area is 202 Å². The van der Waals surface area contributed by atoms with Gasteiger partial charge in [0.1, 0.15) is 11.5 Å². The largest absolute Gasteiger partial charge is 0.508 e. The first-order valence-electron chi connectivity index (χ1n) is 11.3. The number of para-hydroxylation sites is 1. The van der Waals surface area contributed by atoms with Gasteiger partial charge in [-0.2, -0.15) is 0 Å². The van der Waals surface area contributed by atoms with Crippen molar-refractivity contribution in [3.05, 3.63) is 77.9 Å². The second-order valence-corrected chi connectivity index (χ2v) is 9.34. The Morgan fingerprint density at radius 2 is 1.71 bits per heavy atom. The molecule has 1 fully saturated rings. The molecule has 1 aliphatic heterocycles. The van der Waals surface area contributed by atoms with Gasteiger partial charge in [-0.15, -0.1) is 11.3 Å². The number of benzene rings is 3. The van der Waals surface area contributed by atoms with Gasteiger partial charge < -0.3 is 20.3 Å². The second kappa shape index (κ2) is 9.85. The molecule has 0 radical (unpaired) electrons. The summed E-state index contributed by atoms with van der Waals surface area (Å²) in [7, 11) is 0. The van der Waals surface area contributed by atoms with E-state index < -0.39 is 0 Å². The number of nitrogens with zero attached hydrogens (tertiary/aromatic N) is 1. The average Bonchev–Trinajstić information content (AvgIpc) is 3.23. The molecule has 6 nitrogen and oxygen atoms in total. The van der Waals surface area contributed by atoms with Crippen molar-refractivity contribution in [2.75, 3.05) is 44.7 Å². The highest BCUT2D eigenvalue weighted by Crippen LogP contribution is 2.42. The van der Waals surface area contributed by atoms with E-state index >= 15 is 0 Å². The SMILES string of the molecule is O=C(c1ccccc1NCCN1CCOCC1)c1c(-c2ccc(O)cc2)sc2cc(O)ccc12. The first kappa shape index (κ1) is 22.4. The van der Waals surface area contributed by atoms with E-state index in [9.17, 15) is 15.0 Å². The number of carbonyl (C=O) groups is 1. The molecule has 34 heavy (non-hydrogen) atoms. The number of morpholine rings is 1. The number of anilines is 1. The van der Waals surface area contributed by atoms with Crippen LogP contribution >= 0.6 is 11.3 Å². The van der Waals surface area contributed by atoms with E-state index in [1.54, 1.807) is 30.3 Å². The molecule has 0 spiro atoms. The average molecular weight is 475 g/mol. The van der Waals surface area contributed by atoms with Gasteiger partial charge in [0.2, 0.25) is 0 Å². The molecule has 3 aromatic carbocycles. The van der Waals surface area contributed by atoms with Crippen LogP contribution in [0.3, 0.4) is 0 Å². The zero-order valence-electron chi connectivity index (χ0n) is 18.7. The number of hydrogen-bond donors (Lipinski definition) is 3.